The Kier molecular flexibility index (Phi) is 4.10. The minimum Gasteiger partial charge on any atom is -0.355 e. The van der Waals surface area contributed by atoms with Crippen molar-refractivity contribution in [3.05, 3.63) is 35.8 Å². The molecular weight excluding hydrogens is 262 g/mol. The van der Waals surface area contributed by atoms with Crippen molar-refractivity contribution < 1.29 is 0 Å². The molecule has 0 radical (unpaired) electrons. The van der Waals surface area contributed by atoms with Crippen LogP contribution in [0, 0.1) is 13.8 Å². The van der Waals surface area contributed by atoms with Crippen LogP contribution in [0.15, 0.2) is 24.5 Å². The zero-order valence-electron chi connectivity index (χ0n) is 12.6. The van der Waals surface area contributed by atoms with Crippen LogP contribution in [0.4, 0.5) is 5.82 Å². The number of aryl methyl sites for hydroxylation is 1. The summed E-state index contributed by atoms with van der Waals surface area (Å²) >= 11 is 0. The van der Waals surface area contributed by atoms with Crippen molar-refractivity contribution in [3.63, 3.8) is 0 Å². The number of anilines is 1. The quantitative estimate of drug-likeness (QED) is 0.913. The van der Waals surface area contributed by atoms with E-state index < -0.39 is 0 Å². The first-order valence-corrected chi connectivity index (χ1v) is 7.47. The fourth-order valence-corrected chi connectivity index (χ4v) is 2.60. The first kappa shape index (κ1) is 13.9. The summed E-state index contributed by atoms with van der Waals surface area (Å²) < 4.78 is 0. The van der Waals surface area contributed by atoms with E-state index in [1.165, 1.54) is 5.56 Å². The normalized spacial score (nSPS) is 15.8. The first-order valence-electron chi connectivity index (χ1n) is 7.47. The molecule has 5 nitrogen and oxygen atoms in total. The van der Waals surface area contributed by atoms with Gasteiger partial charge in [-0.2, -0.15) is 0 Å². The van der Waals surface area contributed by atoms with Gasteiger partial charge >= 0.3 is 0 Å². The van der Waals surface area contributed by atoms with Crippen molar-refractivity contribution >= 4 is 5.82 Å². The molecular formula is C16H21N5. The Morgan fingerprint density at radius 2 is 2.05 bits per heavy atom. The second-order valence-corrected chi connectivity index (χ2v) is 5.41. The van der Waals surface area contributed by atoms with Gasteiger partial charge in [0, 0.05) is 48.8 Å². The van der Waals surface area contributed by atoms with Gasteiger partial charge in [0.1, 0.15) is 5.82 Å². The molecule has 2 aromatic rings. The highest BCUT2D eigenvalue weighted by atomic mass is 15.2. The molecule has 0 amide bonds. The van der Waals surface area contributed by atoms with Gasteiger partial charge in [0.05, 0.1) is 0 Å². The average molecular weight is 283 g/mol. The second-order valence-electron chi connectivity index (χ2n) is 5.41. The summed E-state index contributed by atoms with van der Waals surface area (Å²) in [5.41, 5.74) is 3.18. The summed E-state index contributed by atoms with van der Waals surface area (Å²) in [4.78, 5) is 16.0. The Balaban J connectivity index is 2.01. The van der Waals surface area contributed by atoms with Crippen molar-refractivity contribution in [2.45, 2.75) is 20.3 Å². The maximum atomic E-state index is 4.82. The van der Waals surface area contributed by atoms with E-state index in [9.17, 15) is 0 Å². The fourth-order valence-electron chi connectivity index (χ4n) is 2.60. The van der Waals surface area contributed by atoms with Crippen LogP contribution >= 0.6 is 0 Å². The highest BCUT2D eigenvalue weighted by Crippen LogP contribution is 2.24. The van der Waals surface area contributed by atoms with Crippen LogP contribution in [0.3, 0.4) is 0 Å². The van der Waals surface area contributed by atoms with Crippen LogP contribution in [0.2, 0.25) is 0 Å². The highest BCUT2D eigenvalue weighted by Gasteiger charge is 2.17. The molecule has 0 atom stereocenters. The molecule has 5 heteroatoms. The predicted molar refractivity (Wildman–Crippen MR) is 84.4 cm³/mol. The van der Waals surface area contributed by atoms with E-state index in [2.05, 4.69) is 34.0 Å². The van der Waals surface area contributed by atoms with Crippen molar-refractivity contribution in [2.24, 2.45) is 0 Å². The maximum Gasteiger partial charge on any atom is 0.163 e. The lowest BCUT2D eigenvalue weighted by Crippen LogP contribution is -2.29. The maximum absolute atomic E-state index is 4.82. The number of pyridine rings is 1. The molecule has 3 heterocycles. The molecule has 0 unspecified atom stereocenters. The first-order chi connectivity index (χ1) is 10.3. The molecule has 110 valence electrons. The van der Waals surface area contributed by atoms with Crippen molar-refractivity contribution in [2.75, 3.05) is 31.1 Å². The van der Waals surface area contributed by atoms with E-state index in [4.69, 9.17) is 4.98 Å². The third-order valence-electron chi connectivity index (χ3n) is 3.92. The lowest BCUT2D eigenvalue weighted by Gasteiger charge is -2.24. The SMILES string of the molecule is Cc1nc(-c2cccnc2)nc(N2CCCNCC2)c1C. The summed E-state index contributed by atoms with van der Waals surface area (Å²) in [5, 5.41) is 3.43. The molecule has 21 heavy (non-hydrogen) atoms. The Morgan fingerprint density at radius 1 is 1.14 bits per heavy atom. The van der Waals surface area contributed by atoms with Gasteiger partial charge in [-0.25, -0.2) is 9.97 Å². The van der Waals surface area contributed by atoms with Gasteiger partial charge in [0.15, 0.2) is 5.82 Å². The predicted octanol–water partition coefficient (Wildman–Crippen LogP) is 1.96. The minimum atomic E-state index is 0.762. The number of nitrogens with one attached hydrogen (secondary N) is 1. The van der Waals surface area contributed by atoms with E-state index in [0.717, 1.165) is 55.5 Å². The van der Waals surface area contributed by atoms with Crippen LogP contribution in [0.1, 0.15) is 17.7 Å². The molecule has 0 spiro atoms. The van der Waals surface area contributed by atoms with E-state index in [0.29, 0.717) is 0 Å². The van der Waals surface area contributed by atoms with Gasteiger partial charge in [-0.05, 0) is 38.9 Å². The molecule has 2 aromatic heterocycles. The van der Waals surface area contributed by atoms with Gasteiger partial charge in [0.25, 0.3) is 0 Å². The van der Waals surface area contributed by atoms with Crippen molar-refractivity contribution in [1.82, 2.24) is 20.3 Å². The Bertz CT molecular complexity index is 604. The Hall–Kier alpha value is -2.01. The third kappa shape index (κ3) is 3.03. The zero-order valence-corrected chi connectivity index (χ0v) is 12.6. The molecule has 3 rings (SSSR count). The summed E-state index contributed by atoms with van der Waals surface area (Å²) in [7, 11) is 0. The van der Waals surface area contributed by atoms with Crippen LogP contribution in [-0.4, -0.2) is 41.1 Å². The number of rotatable bonds is 2. The van der Waals surface area contributed by atoms with Crippen LogP contribution in [0.5, 0.6) is 0 Å². The summed E-state index contributed by atoms with van der Waals surface area (Å²) in [6.45, 7) is 8.27. The van der Waals surface area contributed by atoms with E-state index in [1.54, 1.807) is 6.20 Å². The number of aromatic nitrogens is 3. The fraction of sp³-hybridized carbons (Fsp3) is 0.438. The minimum absolute atomic E-state index is 0.762. The van der Waals surface area contributed by atoms with Crippen molar-refractivity contribution in [3.8, 4) is 11.4 Å². The zero-order chi connectivity index (χ0) is 14.7. The molecule has 0 aliphatic carbocycles. The smallest absolute Gasteiger partial charge is 0.163 e. The van der Waals surface area contributed by atoms with Crippen LogP contribution < -0.4 is 10.2 Å². The third-order valence-corrected chi connectivity index (χ3v) is 3.92. The summed E-state index contributed by atoms with van der Waals surface area (Å²) in [5.74, 6) is 1.82. The highest BCUT2D eigenvalue weighted by molar-refractivity contribution is 5.59. The number of nitrogens with zero attached hydrogens (tertiary/aromatic N) is 4. The molecule has 1 N–H and O–H groups in total. The average Bonchev–Trinajstić information content (AvgIpc) is 2.80. The number of hydrogen-bond donors (Lipinski definition) is 1. The molecule has 1 saturated heterocycles. The lowest BCUT2D eigenvalue weighted by atomic mass is 10.2. The van der Waals surface area contributed by atoms with Gasteiger partial charge in [0.2, 0.25) is 0 Å². The molecule has 0 saturated carbocycles. The molecule has 0 bridgehead atoms. The van der Waals surface area contributed by atoms with Gasteiger partial charge in [-0.15, -0.1) is 0 Å². The largest absolute Gasteiger partial charge is 0.355 e. The molecule has 1 aliphatic rings. The van der Waals surface area contributed by atoms with E-state index in [1.807, 2.05) is 18.3 Å². The summed E-state index contributed by atoms with van der Waals surface area (Å²) in [6.07, 6.45) is 4.73. The van der Waals surface area contributed by atoms with Crippen LogP contribution in [0.25, 0.3) is 11.4 Å². The number of hydrogen-bond acceptors (Lipinski definition) is 5. The monoisotopic (exact) mass is 283 g/mol. The topological polar surface area (TPSA) is 53.9 Å². The Labute approximate surface area is 125 Å². The lowest BCUT2D eigenvalue weighted by molar-refractivity contribution is 0.724. The summed E-state index contributed by atoms with van der Waals surface area (Å²) in [6, 6.07) is 3.92. The van der Waals surface area contributed by atoms with Gasteiger partial charge in [-0.3, -0.25) is 4.98 Å². The van der Waals surface area contributed by atoms with Crippen LogP contribution in [-0.2, 0) is 0 Å². The molecule has 0 aromatic carbocycles. The molecule has 1 aliphatic heterocycles. The standard InChI is InChI=1S/C16H21N5/c1-12-13(2)19-15(14-5-3-6-18-11-14)20-16(12)21-9-4-7-17-8-10-21/h3,5-6,11,17H,4,7-10H2,1-2H3. The van der Waals surface area contributed by atoms with E-state index >= 15 is 0 Å². The van der Waals surface area contributed by atoms with Gasteiger partial charge in [-0.1, -0.05) is 0 Å². The van der Waals surface area contributed by atoms with E-state index in [-0.39, 0.29) is 0 Å². The van der Waals surface area contributed by atoms with Crippen molar-refractivity contribution in [1.29, 1.82) is 0 Å². The van der Waals surface area contributed by atoms with Gasteiger partial charge < -0.3 is 10.2 Å². The molecule has 1 fully saturated rings. The Morgan fingerprint density at radius 3 is 2.86 bits per heavy atom. The second kappa shape index (κ2) is 6.18.